The molecule has 1 heterocycles. The molecule has 0 saturated heterocycles. The topological polar surface area (TPSA) is 12.9 Å². The summed E-state index contributed by atoms with van der Waals surface area (Å²) >= 11 is 0. The molecular weight excluding hydrogens is 254 g/mol. The Morgan fingerprint density at radius 3 is 1.52 bits per heavy atom. The third kappa shape index (κ3) is 3.26. The van der Waals surface area contributed by atoms with Crippen LogP contribution in [0.2, 0.25) is 0 Å². The number of hydrogen-bond acceptors (Lipinski definition) is 1. The second-order valence-electron chi connectivity index (χ2n) is 5.03. The van der Waals surface area contributed by atoms with Crippen molar-refractivity contribution >= 4 is 21.8 Å². The van der Waals surface area contributed by atoms with E-state index < -0.39 is 0 Å². The number of benzene rings is 3. The predicted octanol–water partition coefficient (Wildman–Crippen LogP) is 5.38. The molecule has 1 nitrogen and oxygen atoms in total. The predicted molar refractivity (Wildman–Crippen MR) is 90.4 cm³/mol. The average Bonchev–Trinajstić information content (AvgIpc) is 2.54. The molecule has 4 aromatic rings. The number of pyridine rings is 1. The fourth-order valence-electron chi connectivity index (χ4n) is 2.25. The van der Waals surface area contributed by atoms with Gasteiger partial charge in [-0.15, -0.1) is 0 Å². The van der Waals surface area contributed by atoms with Crippen molar-refractivity contribution in [3.63, 3.8) is 0 Å². The molecule has 102 valence electrons. The summed E-state index contributed by atoms with van der Waals surface area (Å²) < 4.78 is 0. The van der Waals surface area contributed by atoms with Gasteiger partial charge in [-0.2, -0.15) is 0 Å². The minimum absolute atomic E-state index is 1.06. The van der Waals surface area contributed by atoms with Crippen molar-refractivity contribution in [1.82, 2.24) is 4.98 Å². The second kappa shape index (κ2) is 6.19. The number of aromatic nitrogens is 1. The highest BCUT2D eigenvalue weighted by molar-refractivity contribution is 5.92. The van der Waals surface area contributed by atoms with Crippen molar-refractivity contribution in [1.29, 1.82) is 0 Å². The lowest BCUT2D eigenvalue weighted by Gasteiger charge is -1.99. The maximum Gasteiger partial charge on any atom is 0.0709 e. The zero-order valence-electron chi connectivity index (χ0n) is 12.0. The van der Waals surface area contributed by atoms with Crippen molar-refractivity contribution < 1.29 is 0 Å². The van der Waals surface area contributed by atoms with Gasteiger partial charge in [0, 0.05) is 10.8 Å². The van der Waals surface area contributed by atoms with Gasteiger partial charge >= 0.3 is 0 Å². The highest BCUT2D eigenvalue weighted by Gasteiger charge is 1.96. The maximum absolute atomic E-state index is 4.58. The van der Waals surface area contributed by atoms with Crippen LogP contribution in [0, 0.1) is 6.92 Å². The number of hydrogen-bond donors (Lipinski definition) is 0. The van der Waals surface area contributed by atoms with Crippen LogP contribution in [-0.2, 0) is 0 Å². The van der Waals surface area contributed by atoms with Crippen molar-refractivity contribution in [2.75, 3.05) is 0 Å². The molecule has 0 saturated carbocycles. The Bertz CT molecular complexity index is 746. The minimum Gasteiger partial charge on any atom is -0.248 e. The van der Waals surface area contributed by atoms with Gasteiger partial charge in [-0.25, -0.2) is 4.98 Å². The number of fused-ring (bicyclic) bond motifs is 2. The Morgan fingerprint density at radius 1 is 0.571 bits per heavy atom. The molecule has 0 atom stereocenters. The summed E-state index contributed by atoms with van der Waals surface area (Å²) in [6.45, 7) is 2.08. The van der Waals surface area contributed by atoms with Crippen LogP contribution in [0.4, 0.5) is 0 Å². The molecule has 0 N–H and O–H groups in total. The first-order valence-corrected chi connectivity index (χ1v) is 7.09. The minimum atomic E-state index is 1.06. The molecule has 1 aromatic heterocycles. The van der Waals surface area contributed by atoms with Crippen LogP contribution in [0.5, 0.6) is 0 Å². The lowest BCUT2D eigenvalue weighted by Crippen LogP contribution is -1.80. The number of rotatable bonds is 0. The summed E-state index contributed by atoms with van der Waals surface area (Å²) in [5.41, 5.74) is 3.44. The van der Waals surface area contributed by atoms with E-state index in [0.717, 1.165) is 11.0 Å². The van der Waals surface area contributed by atoms with E-state index in [-0.39, 0.29) is 0 Å². The third-order valence-electron chi connectivity index (χ3n) is 3.37. The molecular formula is C20H17N. The van der Waals surface area contributed by atoms with Crippen LogP contribution >= 0.6 is 0 Å². The van der Waals surface area contributed by atoms with E-state index in [2.05, 4.69) is 42.2 Å². The molecule has 0 spiro atoms. The van der Waals surface area contributed by atoms with Crippen molar-refractivity contribution in [3.8, 4) is 0 Å². The summed E-state index contributed by atoms with van der Waals surface area (Å²) in [5, 5.41) is 2.40. The summed E-state index contributed by atoms with van der Waals surface area (Å²) in [6.07, 6.45) is 0. The number of aryl methyl sites for hydroxylation is 1. The van der Waals surface area contributed by atoms with Gasteiger partial charge in [0.05, 0.1) is 11.0 Å². The van der Waals surface area contributed by atoms with Gasteiger partial charge in [0.2, 0.25) is 0 Å². The standard InChI is InChI=1S/C13H9N.C7H8/c1-3-7-12-10(5-1)9-11-6-2-4-8-13(11)14-12;1-7-5-3-2-4-6-7/h1-9H;2-6H,1H3. The Kier molecular flexibility index (Phi) is 3.92. The van der Waals surface area contributed by atoms with E-state index in [4.69, 9.17) is 0 Å². The Balaban J connectivity index is 0.000000160. The smallest absolute Gasteiger partial charge is 0.0709 e. The third-order valence-corrected chi connectivity index (χ3v) is 3.37. The highest BCUT2D eigenvalue weighted by Crippen LogP contribution is 2.18. The first kappa shape index (κ1) is 13.3. The number of nitrogens with zero attached hydrogens (tertiary/aromatic N) is 1. The molecule has 0 radical (unpaired) electrons. The van der Waals surface area contributed by atoms with Gasteiger partial charge in [-0.05, 0) is 25.1 Å². The molecule has 21 heavy (non-hydrogen) atoms. The fourth-order valence-corrected chi connectivity index (χ4v) is 2.25. The molecule has 4 rings (SSSR count). The lowest BCUT2D eigenvalue weighted by atomic mass is 10.1. The van der Waals surface area contributed by atoms with E-state index in [9.17, 15) is 0 Å². The molecule has 1 heteroatoms. The Morgan fingerprint density at radius 2 is 1.05 bits per heavy atom. The molecule has 0 aliphatic carbocycles. The Hall–Kier alpha value is -2.67. The molecule has 0 aliphatic rings. The van der Waals surface area contributed by atoms with Crippen molar-refractivity contribution in [3.05, 3.63) is 90.5 Å². The van der Waals surface area contributed by atoms with Crippen molar-refractivity contribution in [2.45, 2.75) is 6.92 Å². The molecule has 0 bridgehead atoms. The summed E-state index contributed by atoms with van der Waals surface area (Å²) in [6, 6.07) is 28.8. The van der Waals surface area contributed by atoms with E-state index in [1.807, 2.05) is 54.6 Å². The fraction of sp³-hybridized carbons (Fsp3) is 0.0500. The molecule has 0 amide bonds. The SMILES string of the molecule is Cc1ccccc1.c1ccc2nc3ccccc3cc2c1. The van der Waals surface area contributed by atoms with E-state index in [1.54, 1.807) is 0 Å². The maximum atomic E-state index is 4.58. The van der Waals surface area contributed by atoms with Gasteiger partial charge in [-0.1, -0.05) is 72.3 Å². The van der Waals surface area contributed by atoms with E-state index >= 15 is 0 Å². The van der Waals surface area contributed by atoms with Gasteiger partial charge in [0.25, 0.3) is 0 Å². The van der Waals surface area contributed by atoms with Gasteiger partial charge < -0.3 is 0 Å². The molecule has 0 unspecified atom stereocenters. The summed E-state index contributed by atoms with van der Waals surface area (Å²) in [4.78, 5) is 4.58. The van der Waals surface area contributed by atoms with Gasteiger partial charge in [-0.3, -0.25) is 0 Å². The van der Waals surface area contributed by atoms with E-state index in [1.165, 1.54) is 16.3 Å². The Labute approximate surface area is 124 Å². The average molecular weight is 271 g/mol. The van der Waals surface area contributed by atoms with Crippen LogP contribution in [0.1, 0.15) is 5.56 Å². The first-order valence-electron chi connectivity index (χ1n) is 7.09. The van der Waals surface area contributed by atoms with Crippen LogP contribution in [0.15, 0.2) is 84.9 Å². The van der Waals surface area contributed by atoms with Crippen LogP contribution in [0.25, 0.3) is 21.8 Å². The van der Waals surface area contributed by atoms with Crippen molar-refractivity contribution in [2.24, 2.45) is 0 Å². The monoisotopic (exact) mass is 271 g/mol. The molecule has 0 fully saturated rings. The van der Waals surface area contributed by atoms with Gasteiger partial charge in [0.1, 0.15) is 0 Å². The quantitative estimate of drug-likeness (QED) is 0.391. The second-order valence-corrected chi connectivity index (χ2v) is 5.03. The zero-order chi connectivity index (χ0) is 14.5. The first-order chi connectivity index (χ1) is 10.3. The molecule has 3 aromatic carbocycles. The number of para-hydroxylation sites is 2. The summed E-state index contributed by atoms with van der Waals surface area (Å²) in [5.74, 6) is 0. The van der Waals surface area contributed by atoms with Crippen LogP contribution < -0.4 is 0 Å². The largest absolute Gasteiger partial charge is 0.248 e. The highest BCUT2D eigenvalue weighted by atomic mass is 14.7. The van der Waals surface area contributed by atoms with Crippen LogP contribution in [-0.4, -0.2) is 4.98 Å². The molecule has 0 aliphatic heterocycles. The zero-order valence-corrected chi connectivity index (χ0v) is 12.0. The van der Waals surface area contributed by atoms with Crippen LogP contribution in [0.3, 0.4) is 0 Å². The lowest BCUT2D eigenvalue weighted by molar-refractivity contribution is 1.48. The van der Waals surface area contributed by atoms with Gasteiger partial charge in [0.15, 0.2) is 0 Å². The normalized spacial score (nSPS) is 10.1. The summed E-state index contributed by atoms with van der Waals surface area (Å²) in [7, 11) is 0. The van der Waals surface area contributed by atoms with E-state index in [0.29, 0.717) is 0 Å².